The molecule has 2 unspecified atom stereocenters. The lowest BCUT2D eigenvalue weighted by molar-refractivity contribution is 0.223. The van der Waals surface area contributed by atoms with Crippen LogP contribution in [0.15, 0.2) is 55.0 Å². The summed E-state index contributed by atoms with van der Waals surface area (Å²) < 4.78 is 2.20. The summed E-state index contributed by atoms with van der Waals surface area (Å²) in [6, 6.07) is 12.0. The fourth-order valence-corrected chi connectivity index (χ4v) is 4.39. The summed E-state index contributed by atoms with van der Waals surface area (Å²) in [6.07, 6.45) is 5.44. The minimum atomic E-state index is -0.0805. The van der Waals surface area contributed by atoms with Crippen molar-refractivity contribution in [1.29, 1.82) is 0 Å². The Morgan fingerprint density at radius 1 is 1.18 bits per heavy atom. The molecule has 4 rings (SSSR count). The molecule has 2 N–H and O–H groups in total. The van der Waals surface area contributed by atoms with Gasteiger partial charge in [0.25, 0.3) is 0 Å². The van der Waals surface area contributed by atoms with Gasteiger partial charge in [0.2, 0.25) is 0 Å². The first kappa shape index (κ1) is 18.6. The first-order valence-corrected chi connectivity index (χ1v) is 9.71. The Morgan fingerprint density at radius 2 is 2.04 bits per heavy atom. The van der Waals surface area contributed by atoms with E-state index in [4.69, 9.17) is 12.2 Å². The molecule has 3 aromatic rings. The van der Waals surface area contributed by atoms with Crippen LogP contribution in [0.2, 0.25) is 0 Å². The predicted octanol–water partition coefficient (Wildman–Crippen LogP) is 2.85. The van der Waals surface area contributed by atoms with E-state index in [0.29, 0.717) is 11.7 Å². The number of aryl methyl sites for hydroxylation is 1. The van der Waals surface area contributed by atoms with Crippen molar-refractivity contribution in [3.63, 3.8) is 0 Å². The molecular formula is C21H23N5OS. The van der Waals surface area contributed by atoms with Crippen molar-refractivity contribution in [3.8, 4) is 5.69 Å². The van der Waals surface area contributed by atoms with Crippen LogP contribution in [0.5, 0.6) is 0 Å². The molecule has 1 saturated heterocycles. The smallest absolute Gasteiger partial charge is 0.170 e. The predicted molar refractivity (Wildman–Crippen MR) is 112 cm³/mol. The van der Waals surface area contributed by atoms with E-state index >= 15 is 0 Å². The van der Waals surface area contributed by atoms with Crippen molar-refractivity contribution in [3.05, 3.63) is 77.6 Å². The molecule has 1 aliphatic heterocycles. The summed E-state index contributed by atoms with van der Waals surface area (Å²) in [4.78, 5) is 10.9. The number of pyridine rings is 2. The average molecular weight is 394 g/mol. The second kappa shape index (κ2) is 7.69. The van der Waals surface area contributed by atoms with Crippen LogP contribution in [0.25, 0.3) is 5.69 Å². The highest BCUT2D eigenvalue weighted by Gasteiger charge is 2.41. The zero-order chi connectivity index (χ0) is 19.7. The Hall–Kier alpha value is -2.77. The molecule has 28 heavy (non-hydrogen) atoms. The van der Waals surface area contributed by atoms with Crippen LogP contribution in [0.4, 0.5) is 0 Å². The van der Waals surface area contributed by atoms with Crippen LogP contribution in [0.1, 0.15) is 34.7 Å². The lowest BCUT2D eigenvalue weighted by Crippen LogP contribution is -2.32. The summed E-state index contributed by atoms with van der Waals surface area (Å²) >= 11 is 5.60. The summed E-state index contributed by atoms with van der Waals surface area (Å²) in [5, 5.41) is 13.7. The van der Waals surface area contributed by atoms with Gasteiger partial charge in [-0.25, -0.2) is 0 Å². The van der Waals surface area contributed by atoms with Crippen LogP contribution < -0.4 is 5.32 Å². The van der Waals surface area contributed by atoms with Gasteiger partial charge in [-0.2, -0.15) is 0 Å². The Balaban J connectivity index is 1.83. The van der Waals surface area contributed by atoms with Gasteiger partial charge in [-0.05, 0) is 62.0 Å². The van der Waals surface area contributed by atoms with Crippen LogP contribution in [0.3, 0.4) is 0 Å². The third-order valence-electron chi connectivity index (χ3n) is 5.23. The van der Waals surface area contributed by atoms with Gasteiger partial charge in [-0.3, -0.25) is 9.97 Å². The molecule has 1 fully saturated rings. The Kier molecular flexibility index (Phi) is 5.11. The van der Waals surface area contributed by atoms with Crippen molar-refractivity contribution in [2.75, 3.05) is 13.2 Å². The molecule has 144 valence electrons. The Morgan fingerprint density at radius 3 is 2.71 bits per heavy atom. The van der Waals surface area contributed by atoms with Crippen molar-refractivity contribution >= 4 is 17.3 Å². The highest BCUT2D eigenvalue weighted by atomic mass is 32.1. The zero-order valence-electron chi connectivity index (χ0n) is 15.9. The summed E-state index contributed by atoms with van der Waals surface area (Å²) in [5.41, 5.74) is 5.38. The molecule has 7 heteroatoms. The fourth-order valence-electron chi connectivity index (χ4n) is 4.06. The van der Waals surface area contributed by atoms with E-state index in [1.54, 1.807) is 12.4 Å². The van der Waals surface area contributed by atoms with E-state index in [-0.39, 0.29) is 18.7 Å². The molecular weight excluding hydrogens is 370 g/mol. The van der Waals surface area contributed by atoms with Gasteiger partial charge in [0.1, 0.15) is 0 Å². The molecule has 4 heterocycles. The number of nitrogens with zero attached hydrogens (tertiary/aromatic N) is 4. The molecule has 0 radical (unpaired) electrons. The van der Waals surface area contributed by atoms with Crippen LogP contribution in [0, 0.1) is 13.8 Å². The number of hydrogen-bond acceptors (Lipinski definition) is 4. The number of hydrogen-bond donors (Lipinski definition) is 2. The zero-order valence-corrected chi connectivity index (χ0v) is 16.7. The number of thiocarbonyl (C=S) groups is 1. The number of β-amino-alcohol motifs (C(OH)–C–C–N with tert-alkyl or cyclic N) is 1. The van der Waals surface area contributed by atoms with Crippen LogP contribution in [-0.4, -0.2) is 42.8 Å². The molecule has 1 aliphatic rings. The van der Waals surface area contributed by atoms with E-state index in [9.17, 15) is 5.11 Å². The van der Waals surface area contributed by atoms with Crippen molar-refractivity contribution in [2.45, 2.75) is 25.9 Å². The maximum Gasteiger partial charge on any atom is 0.170 e. The fraction of sp³-hybridized carbons (Fsp3) is 0.286. The van der Waals surface area contributed by atoms with Crippen molar-refractivity contribution in [2.24, 2.45) is 0 Å². The lowest BCUT2D eigenvalue weighted by Gasteiger charge is -2.27. The first-order chi connectivity index (χ1) is 13.6. The third-order valence-corrected chi connectivity index (χ3v) is 5.58. The number of rotatable bonds is 5. The molecule has 3 aromatic heterocycles. The average Bonchev–Trinajstić information content (AvgIpc) is 3.19. The highest BCUT2D eigenvalue weighted by molar-refractivity contribution is 7.80. The van der Waals surface area contributed by atoms with E-state index in [1.807, 2.05) is 30.5 Å². The number of nitrogens with one attached hydrogen (secondary N) is 1. The monoisotopic (exact) mass is 393 g/mol. The topological polar surface area (TPSA) is 66.2 Å². The lowest BCUT2D eigenvalue weighted by atomic mass is 9.97. The Bertz CT molecular complexity index is 973. The summed E-state index contributed by atoms with van der Waals surface area (Å²) in [5.74, 6) is 0. The normalized spacial score (nSPS) is 19.1. The second-order valence-corrected chi connectivity index (χ2v) is 7.30. The quantitative estimate of drug-likeness (QED) is 0.650. The SMILES string of the molecule is Cc1cc(C2C(c3ccccn3)NC(=S)N2CCO)c(C)n1-c1cccnc1. The molecule has 6 nitrogen and oxygen atoms in total. The van der Waals surface area contributed by atoms with Gasteiger partial charge in [0.05, 0.1) is 36.3 Å². The van der Waals surface area contributed by atoms with Crippen LogP contribution in [-0.2, 0) is 0 Å². The van der Waals surface area contributed by atoms with Gasteiger partial charge < -0.3 is 19.9 Å². The largest absolute Gasteiger partial charge is 0.395 e. The van der Waals surface area contributed by atoms with Crippen LogP contribution >= 0.6 is 12.2 Å². The van der Waals surface area contributed by atoms with Gasteiger partial charge >= 0.3 is 0 Å². The third kappa shape index (κ3) is 3.16. The molecule has 0 aliphatic carbocycles. The molecule has 0 aromatic carbocycles. The van der Waals surface area contributed by atoms with E-state index < -0.39 is 0 Å². The maximum atomic E-state index is 9.61. The highest BCUT2D eigenvalue weighted by Crippen LogP contribution is 2.41. The minimum Gasteiger partial charge on any atom is -0.395 e. The van der Waals surface area contributed by atoms with Gasteiger partial charge in [-0.1, -0.05) is 6.07 Å². The standard InChI is InChI=1S/C21H23N5OS/c1-14-12-17(15(2)26(14)16-6-5-8-22-13-16)20-19(18-7-3-4-9-23-18)24-21(28)25(20)10-11-27/h3-9,12-13,19-20,27H,10-11H2,1-2H3,(H,24,28). The van der Waals surface area contributed by atoms with Gasteiger partial charge in [0.15, 0.2) is 5.11 Å². The maximum absolute atomic E-state index is 9.61. The molecule has 0 saturated carbocycles. The number of aliphatic hydroxyl groups is 1. The van der Waals surface area contributed by atoms with E-state index in [0.717, 1.165) is 28.3 Å². The Labute approximate surface area is 169 Å². The van der Waals surface area contributed by atoms with E-state index in [2.05, 4.69) is 50.7 Å². The first-order valence-electron chi connectivity index (χ1n) is 9.30. The number of aliphatic hydroxyl groups excluding tert-OH is 1. The second-order valence-electron chi connectivity index (χ2n) is 6.92. The number of aromatic nitrogens is 3. The van der Waals surface area contributed by atoms with Crippen molar-refractivity contribution in [1.82, 2.24) is 24.8 Å². The van der Waals surface area contributed by atoms with Gasteiger partial charge in [0, 0.05) is 30.3 Å². The summed E-state index contributed by atoms with van der Waals surface area (Å²) in [6.45, 7) is 4.71. The van der Waals surface area contributed by atoms with Crippen molar-refractivity contribution < 1.29 is 5.11 Å². The van der Waals surface area contributed by atoms with Gasteiger partial charge in [-0.15, -0.1) is 0 Å². The molecule has 2 atom stereocenters. The molecule has 0 amide bonds. The molecule has 0 bridgehead atoms. The molecule has 0 spiro atoms. The minimum absolute atomic E-state index is 0.0363. The summed E-state index contributed by atoms with van der Waals surface area (Å²) in [7, 11) is 0. The van der Waals surface area contributed by atoms with E-state index in [1.165, 1.54) is 0 Å².